The Bertz CT molecular complexity index is 292. The third-order valence-corrected chi connectivity index (χ3v) is 2.82. The highest BCUT2D eigenvalue weighted by Crippen LogP contribution is 2.11. The summed E-state index contributed by atoms with van der Waals surface area (Å²) < 4.78 is 10.8. The van der Waals surface area contributed by atoms with Gasteiger partial charge in [-0.25, -0.2) is 0 Å². The molecule has 4 N–H and O–H groups in total. The molecule has 0 aliphatic carbocycles. The molecule has 1 heterocycles. The van der Waals surface area contributed by atoms with Gasteiger partial charge < -0.3 is 25.6 Å². The van der Waals surface area contributed by atoms with Gasteiger partial charge in [0.15, 0.2) is 0 Å². The summed E-state index contributed by atoms with van der Waals surface area (Å²) in [7, 11) is 0. The van der Waals surface area contributed by atoms with E-state index in [4.69, 9.17) is 20.3 Å². The number of carboxylic acids is 1. The lowest BCUT2D eigenvalue weighted by molar-refractivity contribution is -0.139. The minimum absolute atomic E-state index is 0.207. The van der Waals surface area contributed by atoms with E-state index >= 15 is 0 Å². The molecule has 0 radical (unpaired) electrons. The molecular weight excluding hydrogens is 252 g/mol. The minimum atomic E-state index is -1.08. The van der Waals surface area contributed by atoms with E-state index in [1.807, 2.05) is 0 Å². The zero-order valence-electron chi connectivity index (χ0n) is 11.0. The molecule has 1 rings (SSSR count). The molecule has 0 aromatic carbocycles. The Morgan fingerprint density at radius 1 is 1.53 bits per heavy atom. The van der Waals surface area contributed by atoms with Crippen LogP contribution in [0.3, 0.4) is 0 Å². The molecule has 1 amide bonds. The molecular formula is C12H22N2O5. The average molecular weight is 274 g/mol. The van der Waals surface area contributed by atoms with Crippen molar-refractivity contribution in [1.29, 1.82) is 0 Å². The van der Waals surface area contributed by atoms with Crippen LogP contribution in [-0.2, 0) is 19.1 Å². The monoisotopic (exact) mass is 274 g/mol. The van der Waals surface area contributed by atoms with Gasteiger partial charge in [0.1, 0.15) is 0 Å². The van der Waals surface area contributed by atoms with E-state index in [1.54, 1.807) is 0 Å². The third kappa shape index (κ3) is 7.09. The summed E-state index contributed by atoms with van der Waals surface area (Å²) in [6.07, 6.45) is 2.64. The van der Waals surface area contributed by atoms with Crippen molar-refractivity contribution < 1.29 is 24.2 Å². The van der Waals surface area contributed by atoms with Crippen LogP contribution in [0.15, 0.2) is 0 Å². The number of ether oxygens (including phenoxy) is 2. The fourth-order valence-corrected chi connectivity index (χ4v) is 1.79. The molecule has 19 heavy (non-hydrogen) atoms. The Morgan fingerprint density at radius 2 is 2.32 bits per heavy atom. The van der Waals surface area contributed by atoms with Crippen LogP contribution in [0.2, 0.25) is 0 Å². The fraction of sp³-hybridized carbons (Fsp3) is 0.833. The number of rotatable bonds is 9. The topological polar surface area (TPSA) is 111 Å². The molecule has 0 saturated carbocycles. The van der Waals surface area contributed by atoms with Gasteiger partial charge in [0, 0.05) is 19.8 Å². The van der Waals surface area contributed by atoms with Gasteiger partial charge in [-0.15, -0.1) is 0 Å². The lowest BCUT2D eigenvalue weighted by Crippen LogP contribution is -2.42. The van der Waals surface area contributed by atoms with Crippen molar-refractivity contribution in [2.75, 3.05) is 26.4 Å². The second-order valence-electron chi connectivity index (χ2n) is 4.56. The van der Waals surface area contributed by atoms with Crippen molar-refractivity contribution in [2.45, 2.75) is 37.8 Å². The first-order chi connectivity index (χ1) is 9.09. The molecule has 1 aliphatic heterocycles. The Hall–Kier alpha value is -1.18. The first-order valence-corrected chi connectivity index (χ1v) is 6.54. The summed E-state index contributed by atoms with van der Waals surface area (Å²) in [6, 6.07) is -0.995. The van der Waals surface area contributed by atoms with Crippen LogP contribution >= 0.6 is 0 Å². The number of nitrogens with one attached hydrogen (secondary N) is 1. The second-order valence-corrected chi connectivity index (χ2v) is 4.56. The van der Waals surface area contributed by atoms with Crippen LogP contribution in [0.1, 0.15) is 25.7 Å². The molecule has 1 saturated heterocycles. The van der Waals surface area contributed by atoms with Crippen LogP contribution in [-0.4, -0.2) is 55.5 Å². The van der Waals surface area contributed by atoms with Crippen LogP contribution < -0.4 is 11.1 Å². The van der Waals surface area contributed by atoms with E-state index in [-0.39, 0.29) is 12.5 Å². The van der Waals surface area contributed by atoms with Gasteiger partial charge in [0.2, 0.25) is 5.91 Å². The Labute approximate surface area is 112 Å². The summed E-state index contributed by atoms with van der Waals surface area (Å²) in [5.74, 6) is -1.52. The largest absolute Gasteiger partial charge is 0.481 e. The van der Waals surface area contributed by atoms with Crippen molar-refractivity contribution in [3.05, 3.63) is 0 Å². The number of carboxylic acid groups (broad SMARTS) is 1. The molecule has 0 bridgehead atoms. The normalized spacial score (nSPS) is 20.2. The van der Waals surface area contributed by atoms with Gasteiger partial charge in [-0.1, -0.05) is 0 Å². The second kappa shape index (κ2) is 8.84. The summed E-state index contributed by atoms with van der Waals surface area (Å²) in [4.78, 5) is 21.7. The van der Waals surface area contributed by atoms with Crippen molar-refractivity contribution in [1.82, 2.24) is 5.32 Å². The maximum atomic E-state index is 11.4. The zero-order chi connectivity index (χ0) is 14.1. The number of nitrogens with two attached hydrogens (primary N) is 1. The summed E-state index contributed by atoms with van der Waals surface area (Å²) in [5.41, 5.74) is 5.40. The predicted octanol–water partition coefficient (Wildman–Crippen LogP) is -0.510. The number of carbonyl (C=O) groups excluding carboxylic acids is 1. The SMILES string of the molecule is NC(CC(=O)O)C(=O)NCCCOCC1CCCO1. The maximum Gasteiger partial charge on any atom is 0.305 e. The molecule has 2 atom stereocenters. The lowest BCUT2D eigenvalue weighted by Gasteiger charge is -2.11. The molecule has 0 spiro atoms. The van der Waals surface area contributed by atoms with Gasteiger partial charge in [-0.2, -0.15) is 0 Å². The molecule has 2 unspecified atom stereocenters. The zero-order valence-corrected chi connectivity index (χ0v) is 11.0. The van der Waals surface area contributed by atoms with Crippen LogP contribution in [0.5, 0.6) is 0 Å². The number of aliphatic carboxylic acids is 1. The number of carbonyl (C=O) groups is 2. The highest BCUT2D eigenvalue weighted by molar-refractivity contribution is 5.85. The Morgan fingerprint density at radius 3 is 2.95 bits per heavy atom. The molecule has 1 aliphatic rings. The van der Waals surface area contributed by atoms with Gasteiger partial charge in [-0.05, 0) is 19.3 Å². The molecule has 0 aromatic rings. The molecule has 7 nitrogen and oxygen atoms in total. The summed E-state index contributed by atoms with van der Waals surface area (Å²) >= 11 is 0. The molecule has 7 heteroatoms. The lowest BCUT2D eigenvalue weighted by atomic mass is 10.2. The van der Waals surface area contributed by atoms with E-state index in [9.17, 15) is 9.59 Å². The molecule has 110 valence electrons. The van der Waals surface area contributed by atoms with E-state index in [0.717, 1.165) is 19.4 Å². The highest BCUT2D eigenvalue weighted by atomic mass is 16.5. The smallest absolute Gasteiger partial charge is 0.305 e. The van der Waals surface area contributed by atoms with Crippen LogP contribution in [0.4, 0.5) is 0 Å². The van der Waals surface area contributed by atoms with Crippen molar-refractivity contribution in [2.24, 2.45) is 5.73 Å². The summed E-state index contributed by atoms with van der Waals surface area (Å²) in [6.45, 7) is 2.37. The summed E-state index contributed by atoms with van der Waals surface area (Å²) in [5, 5.41) is 11.1. The predicted molar refractivity (Wildman–Crippen MR) is 67.6 cm³/mol. The van der Waals surface area contributed by atoms with Gasteiger partial charge >= 0.3 is 5.97 Å². The van der Waals surface area contributed by atoms with E-state index in [2.05, 4.69) is 5.32 Å². The fourth-order valence-electron chi connectivity index (χ4n) is 1.79. The third-order valence-electron chi connectivity index (χ3n) is 2.82. The molecule has 1 fully saturated rings. The Balaban J connectivity index is 1.94. The van der Waals surface area contributed by atoms with E-state index < -0.39 is 17.9 Å². The Kier molecular flexibility index (Phi) is 7.39. The first kappa shape index (κ1) is 15.9. The number of hydrogen-bond donors (Lipinski definition) is 3. The van der Waals surface area contributed by atoms with Gasteiger partial charge in [-0.3, -0.25) is 9.59 Å². The number of hydrogen-bond acceptors (Lipinski definition) is 5. The quantitative estimate of drug-likeness (QED) is 0.488. The van der Waals surface area contributed by atoms with Crippen LogP contribution in [0.25, 0.3) is 0 Å². The maximum absolute atomic E-state index is 11.4. The highest BCUT2D eigenvalue weighted by Gasteiger charge is 2.16. The van der Waals surface area contributed by atoms with Gasteiger partial charge in [0.05, 0.1) is 25.2 Å². The van der Waals surface area contributed by atoms with Crippen molar-refractivity contribution in [3.8, 4) is 0 Å². The van der Waals surface area contributed by atoms with E-state index in [0.29, 0.717) is 26.2 Å². The van der Waals surface area contributed by atoms with Gasteiger partial charge in [0.25, 0.3) is 0 Å². The van der Waals surface area contributed by atoms with Crippen molar-refractivity contribution >= 4 is 11.9 Å². The standard InChI is InChI=1S/C12H22N2O5/c13-10(7-11(15)16)12(17)14-4-2-5-18-8-9-3-1-6-19-9/h9-10H,1-8,13H2,(H,14,17)(H,15,16). The molecule has 0 aromatic heterocycles. The number of amides is 1. The van der Waals surface area contributed by atoms with Crippen molar-refractivity contribution in [3.63, 3.8) is 0 Å². The van der Waals surface area contributed by atoms with E-state index in [1.165, 1.54) is 0 Å². The van der Waals surface area contributed by atoms with Crippen LogP contribution in [0, 0.1) is 0 Å². The first-order valence-electron chi connectivity index (χ1n) is 6.54. The average Bonchev–Trinajstić information content (AvgIpc) is 2.85. The minimum Gasteiger partial charge on any atom is -0.481 e.